The predicted octanol–water partition coefficient (Wildman–Crippen LogP) is 7.35. The number of ether oxygens (including phenoxy) is 1. The zero-order chi connectivity index (χ0) is 39.4. The van der Waals surface area contributed by atoms with Crippen molar-refractivity contribution in [3.63, 3.8) is 0 Å². The normalized spacial score (nSPS) is 12.7. The van der Waals surface area contributed by atoms with Gasteiger partial charge in [-0.3, -0.25) is 4.79 Å². The fourth-order valence-electron chi connectivity index (χ4n) is 6.73. The first kappa shape index (κ1) is 39.5. The second-order valence-corrected chi connectivity index (χ2v) is 14.2. The second kappa shape index (κ2) is 18.9. The Morgan fingerprint density at radius 1 is 0.714 bits per heavy atom. The molecule has 4 aromatic carbocycles. The van der Waals surface area contributed by atoms with Crippen LogP contribution in [-0.2, 0) is 30.7 Å². The minimum atomic E-state index is -0.703. The van der Waals surface area contributed by atoms with Crippen molar-refractivity contribution in [2.24, 2.45) is 5.73 Å². The fraction of sp³-hybridized carbons (Fsp3) is 0.239. The van der Waals surface area contributed by atoms with E-state index in [1.165, 1.54) is 0 Å². The number of hydrogen-bond donors (Lipinski definition) is 5. The lowest BCUT2D eigenvalue weighted by molar-refractivity contribution is -0.119. The number of benzene rings is 4. The molecule has 2 aromatic heterocycles. The molecular weight excluding hydrogens is 701 g/mol. The Morgan fingerprint density at radius 3 is 2.07 bits per heavy atom. The number of nitrogens with two attached hydrogens (primary N) is 1. The summed E-state index contributed by atoms with van der Waals surface area (Å²) in [5.41, 5.74) is 13.7. The third kappa shape index (κ3) is 10.9. The number of nitrogens with zero attached hydrogens (tertiary/aromatic N) is 2. The highest BCUT2D eigenvalue weighted by molar-refractivity contribution is 5.82. The number of rotatable bonds is 17. The average molecular weight is 751 g/mol. The SMILES string of the molecule is Cc1ccc(C)n1-c1ccc([C@@H](O)CN[C@H](C)Cc2cccc(C(Cc3ccc(CNC(=O)NCc4cccc(Oc5ccccc5)c4)cc3)C(N)=O)c2)cn1. The molecule has 10 heteroatoms. The number of pyridine rings is 1. The standard InChI is InChI=1S/C46H50N6O4/c1-31(48-30-43(53)39-21-22-44(49-29-39)52-32(2)15-16-33(52)3)23-36-9-7-11-38(24-36)42(45(47)54)26-34-17-19-35(20-18-34)27-50-46(55)51-28-37-10-8-14-41(25-37)56-40-12-5-4-6-13-40/h4-22,24-25,29,31,42-43,48,53H,23,26-28,30H2,1-3H3,(H2,47,54)(H2,50,51,55)/t31-,42?,43+/m1/s1. The van der Waals surface area contributed by atoms with E-state index >= 15 is 0 Å². The average Bonchev–Trinajstić information content (AvgIpc) is 3.55. The number of aryl methyl sites for hydroxylation is 2. The predicted molar refractivity (Wildman–Crippen MR) is 220 cm³/mol. The quantitative estimate of drug-likeness (QED) is 0.0660. The minimum Gasteiger partial charge on any atom is -0.457 e. The van der Waals surface area contributed by atoms with Crippen LogP contribution in [0.5, 0.6) is 11.5 Å². The van der Waals surface area contributed by atoms with Gasteiger partial charge >= 0.3 is 6.03 Å². The largest absolute Gasteiger partial charge is 0.457 e. The first-order chi connectivity index (χ1) is 27.1. The fourth-order valence-corrected chi connectivity index (χ4v) is 6.73. The number of aliphatic hydroxyl groups excluding tert-OH is 1. The van der Waals surface area contributed by atoms with Crippen molar-refractivity contribution < 1.29 is 19.4 Å². The van der Waals surface area contributed by atoms with E-state index in [1.807, 2.05) is 129 Å². The van der Waals surface area contributed by atoms with Crippen LogP contribution in [0.25, 0.3) is 5.82 Å². The van der Waals surface area contributed by atoms with Gasteiger partial charge in [0.2, 0.25) is 5.91 Å². The number of amides is 3. The van der Waals surface area contributed by atoms with Crippen LogP contribution < -0.4 is 26.4 Å². The molecule has 0 bridgehead atoms. The van der Waals surface area contributed by atoms with Crippen LogP contribution in [0.4, 0.5) is 4.79 Å². The molecule has 10 nitrogen and oxygen atoms in total. The molecule has 0 saturated heterocycles. The molecule has 3 amide bonds. The lowest BCUT2D eigenvalue weighted by atomic mass is 9.89. The van der Waals surface area contributed by atoms with E-state index in [1.54, 1.807) is 6.20 Å². The number of hydrogen-bond acceptors (Lipinski definition) is 6. The molecule has 56 heavy (non-hydrogen) atoms. The molecule has 0 aliphatic rings. The summed E-state index contributed by atoms with van der Waals surface area (Å²) < 4.78 is 7.98. The molecule has 0 aliphatic carbocycles. The Balaban J connectivity index is 0.956. The molecule has 3 atom stereocenters. The van der Waals surface area contributed by atoms with Gasteiger partial charge in [0.15, 0.2) is 0 Å². The smallest absolute Gasteiger partial charge is 0.315 e. The van der Waals surface area contributed by atoms with Gasteiger partial charge in [-0.25, -0.2) is 9.78 Å². The van der Waals surface area contributed by atoms with Gasteiger partial charge in [-0.15, -0.1) is 0 Å². The van der Waals surface area contributed by atoms with E-state index < -0.39 is 17.9 Å². The van der Waals surface area contributed by atoms with Crippen LogP contribution in [0.2, 0.25) is 0 Å². The molecule has 0 aliphatic heterocycles. The molecule has 0 saturated carbocycles. The Kier molecular flexibility index (Phi) is 13.3. The minimum absolute atomic E-state index is 0.0679. The number of carbonyl (C=O) groups excluding carboxylic acids is 2. The van der Waals surface area contributed by atoms with Crippen molar-refractivity contribution in [2.75, 3.05) is 6.54 Å². The third-order valence-corrected chi connectivity index (χ3v) is 9.80. The van der Waals surface area contributed by atoms with E-state index in [9.17, 15) is 14.7 Å². The summed E-state index contributed by atoms with van der Waals surface area (Å²) in [6.07, 6.45) is 2.19. The van der Waals surface area contributed by atoms with E-state index in [0.717, 1.165) is 56.3 Å². The lowest BCUT2D eigenvalue weighted by Gasteiger charge is -2.19. The van der Waals surface area contributed by atoms with Crippen LogP contribution in [0.3, 0.4) is 0 Å². The summed E-state index contributed by atoms with van der Waals surface area (Å²) in [4.78, 5) is 29.9. The molecule has 2 heterocycles. The molecular formula is C46H50N6O4. The number of aromatic nitrogens is 2. The maximum Gasteiger partial charge on any atom is 0.315 e. The molecule has 6 rings (SSSR count). The van der Waals surface area contributed by atoms with Gasteiger partial charge in [0, 0.05) is 48.8 Å². The Bertz CT molecular complexity index is 2180. The maximum absolute atomic E-state index is 12.7. The van der Waals surface area contributed by atoms with Gasteiger partial charge < -0.3 is 36.1 Å². The molecule has 0 spiro atoms. The van der Waals surface area contributed by atoms with Gasteiger partial charge in [0.25, 0.3) is 0 Å². The van der Waals surface area contributed by atoms with Gasteiger partial charge in [-0.2, -0.15) is 0 Å². The van der Waals surface area contributed by atoms with Crippen molar-refractivity contribution in [2.45, 2.75) is 64.8 Å². The number of aliphatic hydroxyl groups is 1. The molecule has 288 valence electrons. The van der Waals surface area contributed by atoms with Gasteiger partial charge in [-0.05, 0) is 104 Å². The summed E-state index contributed by atoms with van der Waals surface area (Å²) in [6, 6.07) is 40.7. The number of carbonyl (C=O) groups is 2. The molecule has 6 N–H and O–H groups in total. The van der Waals surface area contributed by atoms with Crippen molar-refractivity contribution in [1.82, 2.24) is 25.5 Å². The van der Waals surface area contributed by atoms with Crippen LogP contribution in [0.1, 0.15) is 63.7 Å². The van der Waals surface area contributed by atoms with E-state index in [0.29, 0.717) is 38.2 Å². The molecule has 1 unspecified atom stereocenters. The monoisotopic (exact) mass is 750 g/mol. The maximum atomic E-state index is 12.7. The Morgan fingerprint density at radius 2 is 1.38 bits per heavy atom. The molecule has 0 fully saturated rings. The highest BCUT2D eigenvalue weighted by atomic mass is 16.5. The highest BCUT2D eigenvalue weighted by Crippen LogP contribution is 2.24. The summed E-state index contributed by atoms with van der Waals surface area (Å²) in [5, 5.41) is 20.1. The highest BCUT2D eigenvalue weighted by Gasteiger charge is 2.20. The summed E-state index contributed by atoms with van der Waals surface area (Å²) in [5.74, 6) is 1.39. The first-order valence-corrected chi connectivity index (χ1v) is 18.9. The number of urea groups is 1. The zero-order valence-corrected chi connectivity index (χ0v) is 32.1. The van der Waals surface area contributed by atoms with E-state index in [-0.39, 0.29) is 12.1 Å². The van der Waals surface area contributed by atoms with Crippen molar-refractivity contribution in [3.05, 3.63) is 178 Å². The topological polar surface area (TPSA) is 144 Å². The van der Waals surface area contributed by atoms with Crippen molar-refractivity contribution in [1.29, 1.82) is 0 Å². The third-order valence-electron chi connectivity index (χ3n) is 9.80. The first-order valence-electron chi connectivity index (χ1n) is 18.9. The number of primary amides is 1. The van der Waals surface area contributed by atoms with Crippen LogP contribution in [-0.4, -0.2) is 39.2 Å². The zero-order valence-electron chi connectivity index (χ0n) is 32.1. The lowest BCUT2D eigenvalue weighted by Crippen LogP contribution is -2.34. The summed E-state index contributed by atoms with van der Waals surface area (Å²) >= 11 is 0. The Hall–Kier alpha value is -6.23. The molecule has 6 aromatic rings. The molecule has 0 radical (unpaired) electrons. The second-order valence-electron chi connectivity index (χ2n) is 14.2. The Labute approximate surface area is 328 Å². The van der Waals surface area contributed by atoms with Crippen LogP contribution in [0.15, 0.2) is 134 Å². The summed E-state index contributed by atoms with van der Waals surface area (Å²) in [7, 11) is 0. The van der Waals surface area contributed by atoms with Gasteiger partial charge in [0.1, 0.15) is 17.3 Å². The summed E-state index contributed by atoms with van der Waals surface area (Å²) in [6.45, 7) is 7.25. The van der Waals surface area contributed by atoms with Gasteiger partial charge in [-0.1, -0.05) is 84.9 Å². The van der Waals surface area contributed by atoms with Crippen LogP contribution in [0, 0.1) is 13.8 Å². The van der Waals surface area contributed by atoms with Crippen LogP contribution >= 0.6 is 0 Å². The van der Waals surface area contributed by atoms with Crippen molar-refractivity contribution in [3.8, 4) is 17.3 Å². The van der Waals surface area contributed by atoms with E-state index in [4.69, 9.17) is 10.5 Å². The number of nitrogens with one attached hydrogen (secondary N) is 3. The number of para-hydroxylation sites is 1. The van der Waals surface area contributed by atoms with E-state index in [2.05, 4.69) is 44.6 Å². The van der Waals surface area contributed by atoms with Gasteiger partial charge in [0.05, 0.1) is 12.0 Å². The van der Waals surface area contributed by atoms with Crippen molar-refractivity contribution >= 4 is 11.9 Å².